The molecule has 0 fully saturated rings. The van der Waals surface area contributed by atoms with Crippen molar-refractivity contribution >= 4 is 11.6 Å². The lowest BCUT2D eigenvalue weighted by Gasteiger charge is -2.24. The van der Waals surface area contributed by atoms with Crippen molar-refractivity contribution in [2.75, 3.05) is 12.4 Å². The van der Waals surface area contributed by atoms with Crippen LogP contribution in [0, 0.1) is 17.0 Å². The summed E-state index contributed by atoms with van der Waals surface area (Å²) in [5.41, 5.74) is 0.414. The van der Waals surface area contributed by atoms with Crippen LogP contribution in [0.3, 0.4) is 0 Å². The molecule has 0 aliphatic rings. The molecule has 96 valence electrons. The van der Waals surface area contributed by atoms with Crippen LogP contribution < -0.4 is 5.32 Å². The quantitative estimate of drug-likeness (QED) is 0.770. The smallest absolute Gasteiger partial charge is 0.163 e. The third-order valence-corrected chi connectivity index (χ3v) is 2.91. The standard InChI is InChI=1S/C13H18ClF2N/c1-13(2,6-7-14)9-17-8-10-4-3-5-11(15)12(10)16/h3-5,17H,6-9H2,1-2H3. The summed E-state index contributed by atoms with van der Waals surface area (Å²) < 4.78 is 26.3. The number of benzene rings is 1. The van der Waals surface area contributed by atoms with Crippen molar-refractivity contribution in [1.29, 1.82) is 0 Å². The Labute approximate surface area is 106 Å². The van der Waals surface area contributed by atoms with Crippen LogP contribution in [-0.2, 0) is 6.54 Å². The van der Waals surface area contributed by atoms with Crippen LogP contribution in [0.25, 0.3) is 0 Å². The van der Waals surface area contributed by atoms with E-state index in [4.69, 9.17) is 11.6 Å². The maximum Gasteiger partial charge on any atom is 0.163 e. The lowest BCUT2D eigenvalue weighted by atomic mass is 9.90. The first-order chi connectivity index (χ1) is 7.96. The second-order valence-electron chi connectivity index (χ2n) is 4.92. The van der Waals surface area contributed by atoms with E-state index in [0.29, 0.717) is 18.0 Å². The molecule has 0 aliphatic heterocycles. The van der Waals surface area contributed by atoms with Crippen LogP contribution >= 0.6 is 11.6 Å². The topological polar surface area (TPSA) is 12.0 Å². The Morgan fingerprint density at radius 1 is 1.29 bits per heavy atom. The molecule has 0 atom stereocenters. The maximum atomic E-state index is 13.3. The minimum absolute atomic E-state index is 0.0611. The molecule has 4 heteroatoms. The van der Waals surface area contributed by atoms with Gasteiger partial charge >= 0.3 is 0 Å². The SMILES string of the molecule is CC(C)(CCCl)CNCc1cccc(F)c1F. The van der Waals surface area contributed by atoms with Crippen molar-refractivity contribution in [3.63, 3.8) is 0 Å². The predicted molar refractivity (Wildman–Crippen MR) is 67.2 cm³/mol. The van der Waals surface area contributed by atoms with E-state index < -0.39 is 11.6 Å². The summed E-state index contributed by atoms with van der Waals surface area (Å²) in [4.78, 5) is 0. The van der Waals surface area contributed by atoms with Gasteiger partial charge in [-0.15, -0.1) is 11.6 Å². The molecule has 1 aromatic carbocycles. The number of hydrogen-bond acceptors (Lipinski definition) is 1. The predicted octanol–water partition coefficient (Wildman–Crippen LogP) is 3.71. The molecular weight excluding hydrogens is 244 g/mol. The lowest BCUT2D eigenvalue weighted by molar-refractivity contribution is 0.328. The Hall–Kier alpha value is -0.670. The van der Waals surface area contributed by atoms with Crippen molar-refractivity contribution in [3.8, 4) is 0 Å². The van der Waals surface area contributed by atoms with Gasteiger partial charge in [0.2, 0.25) is 0 Å². The van der Waals surface area contributed by atoms with Crippen LogP contribution in [0.15, 0.2) is 18.2 Å². The second kappa shape index (κ2) is 6.31. The van der Waals surface area contributed by atoms with E-state index in [1.165, 1.54) is 6.07 Å². The first kappa shape index (κ1) is 14.4. The zero-order chi connectivity index (χ0) is 12.9. The van der Waals surface area contributed by atoms with Gasteiger partial charge in [-0.05, 0) is 17.9 Å². The Kier molecular flexibility index (Phi) is 5.34. The molecule has 1 rings (SSSR count). The Morgan fingerprint density at radius 3 is 2.65 bits per heavy atom. The summed E-state index contributed by atoms with van der Waals surface area (Å²) in [7, 11) is 0. The summed E-state index contributed by atoms with van der Waals surface area (Å²) in [6.07, 6.45) is 0.882. The summed E-state index contributed by atoms with van der Waals surface area (Å²) in [6.45, 7) is 5.22. The lowest BCUT2D eigenvalue weighted by Crippen LogP contribution is -2.29. The van der Waals surface area contributed by atoms with Gasteiger partial charge in [-0.2, -0.15) is 0 Å². The molecule has 1 aromatic rings. The highest BCUT2D eigenvalue weighted by atomic mass is 35.5. The molecule has 0 aromatic heterocycles. The molecule has 0 heterocycles. The van der Waals surface area contributed by atoms with E-state index in [2.05, 4.69) is 19.2 Å². The van der Waals surface area contributed by atoms with E-state index >= 15 is 0 Å². The van der Waals surface area contributed by atoms with E-state index in [0.717, 1.165) is 19.0 Å². The molecule has 17 heavy (non-hydrogen) atoms. The Morgan fingerprint density at radius 2 is 2.00 bits per heavy atom. The Bertz CT molecular complexity index is 366. The fourth-order valence-electron chi connectivity index (χ4n) is 1.56. The normalized spacial score (nSPS) is 11.8. The van der Waals surface area contributed by atoms with Gasteiger partial charge in [-0.25, -0.2) is 8.78 Å². The zero-order valence-electron chi connectivity index (χ0n) is 10.2. The highest BCUT2D eigenvalue weighted by Crippen LogP contribution is 2.20. The van der Waals surface area contributed by atoms with Crippen molar-refractivity contribution in [1.82, 2.24) is 5.32 Å². The molecule has 0 spiro atoms. The molecule has 0 unspecified atom stereocenters. The minimum atomic E-state index is -0.802. The Balaban J connectivity index is 2.49. The number of alkyl halides is 1. The monoisotopic (exact) mass is 261 g/mol. The van der Waals surface area contributed by atoms with Gasteiger partial charge in [0.15, 0.2) is 11.6 Å². The highest BCUT2D eigenvalue weighted by Gasteiger charge is 2.16. The largest absolute Gasteiger partial charge is 0.312 e. The molecule has 1 nitrogen and oxygen atoms in total. The zero-order valence-corrected chi connectivity index (χ0v) is 11.0. The maximum absolute atomic E-state index is 13.3. The second-order valence-corrected chi connectivity index (χ2v) is 5.30. The van der Waals surface area contributed by atoms with Gasteiger partial charge in [0, 0.05) is 24.5 Å². The van der Waals surface area contributed by atoms with Gasteiger partial charge in [-0.1, -0.05) is 26.0 Å². The first-order valence-corrected chi connectivity index (χ1v) is 6.19. The van der Waals surface area contributed by atoms with E-state index in [1.807, 2.05) is 0 Å². The molecular formula is C13H18ClF2N. The minimum Gasteiger partial charge on any atom is -0.312 e. The van der Waals surface area contributed by atoms with Crippen molar-refractivity contribution in [2.24, 2.45) is 5.41 Å². The van der Waals surface area contributed by atoms with Gasteiger partial charge in [0.05, 0.1) is 0 Å². The summed E-state index contributed by atoms with van der Waals surface area (Å²) in [5.74, 6) is -0.970. The third kappa shape index (κ3) is 4.60. The van der Waals surface area contributed by atoms with E-state index in [-0.39, 0.29) is 5.41 Å². The van der Waals surface area contributed by atoms with E-state index in [1.54, 1.807) is 6.07 Å². The molecule has 0 saturated heterocycles. The van der Waals surface area contributed by atoms with Crippen LogP contribution in [0.1, 0.15) is 25.8 Å². The molecule has 0 radical (unpaired) electrons. The highest BCUT2D eigenvalue weighted by molar-refractivity contribution is 6.17. The molecule has 0 saturated carbocycles. The van der Waals surface area contributed by atoms with Crippen molar-refractivity contribution in [2.45, 2.75) is 26.8 Å². The van der Waals surface area contributed by atoms with Crippen molar-refractivity contribution in [3.05, 3.63) is 35.4 Å². The molecule has 0 aliphatic carbocycles. The number of rotatable bonds is 6. The number of nitrogens with one attached hydrogen (secondary N) is 1. The average Bonchev–Trinajstić information content (AvgIpc) is 2.24. The van der Waals surface area contributed by atoms with E-state index in [9.17, 15) is 8.78 Å². The first-order valence-electron chi connectivity index (χ1n) is 5.66. The van der Waals surface area contributed by atoms with Crippen LogP contribution in [0.5, 0.6) is 0 Å². The van der Waals surface area contributed by atoms with Gasteiger partial charge in [0.25, 0.3) is 0 Å². The molecule has 0 amide bonds. The third-order valence-electron chi connectivity index (χ3n) is 2.72. The summed E-state index contributed by atoms with van der Waals surface area (Å²) >= 11 is 5.69. The van der Waals surface area contributed by atoms with Crippen molar-refractivity contribution < 1.29 is 8.78 Å². The van der Waals surface area contributed by atoms with Crippen LogP contribution in [0.4, 0.5) is 8.78 Å². The summed E-state index contributed by atoms with van der Waals surface area (Å²) in [5, 5.41) is 3.13. The fraction of sp³-hybridized carbons (Fsp3) is 0.538. The average molecular weight is 262 g/mol. The molecule has 0 bridgehead atoms. The van der Waals surface area contributed by atoms with Gasteiger partial charge in [0.1, 0.15) is 0 Å². The van der Waals surface area contributed by atoms with Gasteiger partial charge < -0.3 is 5.32 Å². The fourth-order valence-corrected chi connectivity index (χ4v) is 2.08. The number of hydrogen-bond donors (Lipinski definition) is 1. The van der Waals surface area contributed by atoms with Crippen LogP contribution in [0.2, 0.25) is 0 Å². The molecule has 1 N–H and O–H groups in total. The summed E-state index contributed by atoms with van der Waals surface area (Å²) in [6, 6.07) is 4.22. The number of halogens is 3. The van der Waals surface area contributed by atoms with Gasteiger partial charge in [-0.3, -0.25) is 0 Å². The van der Waals surface area contributed by atoms with Crippen LogP contribution in [-0.4, -0.2) is 12.4 Å².